The molecule has 0 bridgehead atoms. The van der Waals surface area contributed by atoms with Crippen molar-refractivity contribution in [3.8, 4) is 16.5 Å². The predicted molar refractivity (Wildman–Crippen MR) is 63.9 cm³/mol. The van der Waals surface area contributed by atoms with Gasteiger partial charge in [-0.1, -0.05) is 18.2 Å². The summed E-state index contributed by atoms with van der Waals surface area (Å²) >= 11 is 1.54. The van der Waals surface area contributed by atoms with Crippen molar-refractivity contribution in [1.29, 1.82) is 5.26 Å². The van der Waals surface area contributed by atoms with Crippen LogP contribution in [-0.4, -0.2) is 0 Å². The van der Waals surface area contributed by atoms with Gasteiger partial charge in [0.1, 0.15) is 10.9 Å². The molecule has 1 nitrogen and oxygen atoms in total. The summed E-state index contributed by atoms with van der Waals surface area (Å²) in [6.07, 6.45) is 0. The number of rotatable bonds is 1. The zero-order valence-corrected chi connectivity index (χ0v) is 9.56. The van der Waals surface area contributed by atoms with Crippen LogP contribution >= 0.6 is 11.3 Å². The molecule has 1 heterocycles. The van der Waals surface area contributed by atoms with E-state index in [1.165, 1.54) is 28.0 Å². The summed E-state index contributed by atoms with van der Waals surface area (Å²) in [7, 11) is 0. The summed E-state index contributed by atoms with van der Waals surface area (Å²) < 4.78 is 0. The highest BCUT2D eigenvalue weighted by Gasteiger charge is 2.03. The average molecular weight is 213 g/mol. The van der Waals surface area contributed by atoms with Crippen LogP contribution in [-0.2, 0) is 0 Å². The van der Waals surface area contributed by atoms with Crippen LogP contribution in [0.3, 0.4) is 0 Å². The molecule has 1 aromatic heterocycles. The molecule has 0 saturated carbocycles. The number of nitrogens with zero attached hydrogens (tertiary/aromatic N) is 1. The molecule has 15 heavy (non-hydrogen) atoms. The first kappa shape index (κ1) is 9.95. The summed E-state index contributed by atoms with van der Waals surface area (Å²) in [6.45, 7) is 4.21. The standard InChI is InChI=1S/C13H11NS/c1-9-3-4-11(7-10(9)2)13-6-5-12(8-14)15-13/h3-7H,1-2H3. The maximum atomic E-state index is 8.76. The second-order valence-corrected chi connectivity index (χ2v) is 4.66. The van der Waals surface area contributed by atoms with Gasteiger partial charge in [-0.2, -0.15) is 5.26 Å². The Labute approximate surface area is 93.6 Å². The zero-order valence-electron chi connectivity index (χ0n) is 8.74. The van der Waals surface area contributed by atoms with Gasteiger partial charge in [0.25, 0.3) is 0 Å². The molecule has 0 aliphatic rings. The summed E-state index contributed by atoms with van der Waals surface area (Å²) in [5.74, 6) is 0. The van der Waals surface area contributed by atoms with Crippen LogP contribution in [0.5, 0.6) is 0 Å². The van der Waals surface area contributed by atoms with Gasteiger partial charge in [0.05, 0.1) is 0 Å². The SMILES string of the molecule is Cc1ccc(-c2ccc(C#N)s2)cc1C. The molecule has 0 atom stereocenters. The number of aryl methyl sites for hydroxylation is 2. The minimum Gasteiger partial charge on any atom is -0.192 e. The Bertz CT molecular complexity index is 532. The number of nitriles is 1. The van der Waals surface area contributed by atoms with Crippen LogP contribution in [0, 0.1) is 25.2 Å². The van der Waals surface area contributed by atoms with Crippen LogP contribution in [0.1, 0.15) is 16.0 Å². The van der Waals surface area contributed by atoms with E-state index in [-0.39, 0.29) is 0 Å². The van der Waals surface area contributed by atoms with Crippen molar-refractivity contribution in [3.63, 3.8) is 0 Å². The Morgan fingerprint density at radius 3 is 2.47 bits per heavy atom. The van der Waals surface area contributed by atoms with Gasteiger partial charge in [0, 0.05) is 4.88 Å². The molecule has 0 aliphatic carbocycles. The van der Waals surface area contributed by atoms with Gasteiger partial charge >= 0.3 is 0 Å². The molecule has 2 rings (SSSR count). The van der Waals surface area contributed by atoms with Crippen LogP contribution < -0.4 is 0 Å². The lowest BCUT2D eigenvalue weighted by Crippen LogP contribution is -1.80. The lowest BCUT2D eigenvalue weighted by molar-refractivity contribution is 1.34. The van der Waals surface area contributed by atoms with Crippen LogP contribution in [0.4, 0.5) is 0 Å². The molecule has 0 N–H and O–H groups in total. The molecule has 1 aromatic carbocycles. The summed E-state index contributed by atoms with van der Waals surface area (Å²) in [5, 5.41) is 8.76. The van der Waals surface area contributed by atoms with E-state index in [9.17, 15) is 0 Å². The smallest absolute Gasteiger partial charge is 0.110 e. The largest absolute Gasteiger partial charge is 0.192 e. The first-order valence-corrected chi connectivity index (χ1v) is 5.60. The summed E-state index contributed by atoms with van der Waals surface area (Å²) in [4.78, 5) is 1.93. The van der Waals surface area contributed by atoms with Crippen molar-refractivity contribution in [2.24, 2.45) is 0 Å². The van der Waals surface area contributed by atoms with Gasteiger partial charge in [-0.25, -0.2) is 0 Å². The molecular weight excluding hydrogens is 202 g/mol. The highest BCUT2D eigenvalue weighted by atomic mass is 32.1. The van der Waals surface area contributed by atoms with E-state index >= 15 is 0 Å². The Hall–Kier alpha value is -1.59. The molecule has 0 amide bonds. The van der Waals surface area contributed by atoms with E-state index in [0.717, 1.165) is 9.75 Å². The van der Waals surface area contributed by atoms with E-state index in [4.69, 9.17) is 5.26 Å². The zero-order chi connectivity index (χ0) is 10.8. The van der Waals surface area contributed by atoms with Crippen LogP contribution in [0.2, 0.25) is 0 Å². The molecule has 0 radical (unpaired) electrons. The van der Waals surface area contributed by atoms with Crippen LogP contribution in [0.25, 0.3) is 10.4 Å². The molecule has 0 spiro atoms. The summed E-state index contributed by atoms with van der Waals surface area (Å²) in [5.41, 5.74) is 3.79. The van der Waals surface area contributed by atoms with Crippen molar-refractivity contribution in [2.75, 3.05) is 0 Å². The second kappa shape index (κ2) is 3.88. The van der Waals surface area contributed by atoms with Gasteiger partial charge in [0.15, 0.2) is 0 Å². The Kier molecular flexibility index (Phi) is 2.57. The summed E-state index contributed by atoms with van der Waals surface area (Å²) in [6, 6.07) is 12.4. The van der Waals surface area contributed by atoms with E-state index < -0.39 is 0 Å². The van der Waals surface area contributed by atoms with Crippen molar-refractivity contribution in [2.45, 2.75) is 13.8 Å². The first-order valence-electron chi connectivity index (χ1n) is 4.78. The minimum atomic E-state index is 0.767. The Morgan fingerprint density at radius 1 is 1.07 bits per heavy atom. The second-order valence-electron chi connectivity index (χ2n) is 3.57. The predicted octanol–water partition coefficient (Wildman–Crippen LogP) is 3.90. The quantitative estimate of drug-likeness (QED) is 0.704. The molecule has 0 aliphatic heterocycles. The Balaban J connectivity index is 2.46. The first-order chi connectivity index (χ1) is 7.20. The van der Waals surface area contributed by atoms with E-state index in [2.05, 4.69) is 38.1 Å². The molecule has 0 saturated heterocycles. The molecule has 74 valence electrons. The third-order valence-corrected chi connectivity index (χ3v) is 3.55. The molecule has 0 fully saturated rings. The number of hydrogen-bond acceptors (Lipinski definition) is 2. The Morgan fingerprint density at radius 2 is 1.87 bits per heavy atom. The van der Waals surface area contributed by atoms with Gasteiger partial charge in [-0.15, -0.1) is 11.3 Å². The van der Waals surface area contributed by atoms with Crippen molar-refractivity contribution >= 4 is 11.3 Å². The van der Waals surface area contributed by atoms with Gasteiger partial charge < -0.3 is 0 Å². The maximum Gasteiger partial charge on any atom is 0.110 e. The average Bonchev–Trinajstić information content (AvgIpc) is 2.70. The van der Waals surface area contributed by atoms with Crippen molar-refractivity contribution < 1.29 is 0 Å². The fraction of sp³-hybridized carbons (Fsp3) is 0.154. The fourth-order valence-electron chi connectivity index (χ4n) is 1.45. The number of hydrogen-bond donors (Lipinski definition) is 0. The lowest BCUT2D eigenvalue weighted by Gasteiger charge is -2.02. The monoisotopic (exact) mass is 213 g/mol. The minimum absolute atomic E-state index is 0.767. The van der Waals surface area contributed by atoms with E-state index in [1.54, 1.807) is 0 Å². The van der Waals surface area contributed by atoms with Gasteiger partial charge in [0.2, 0.25) is 0 Å². The normalized spacial score (nSPS) is 9.93. The molecule has 2 heteroatoms. The van der Waals surface area contributed by atoms with Crippen molar-refractivity contribution in [3.05, 3.63) is 46.3 Å². The number of benzene rings is 1. The fourth-order valence-corrected chi connectivity index (χ4v) is 2.25. The molecule has 0 unspecified atom stereocenters. The van der Waals surface area contributed by atoms with Gasteiger partial charge in [-0.3, -0.25) is 0 Å². The third kappa shape index (κ3) is 1.93. The highest BCUT2D eigenvalue weighted by Crippen LogP contribution is 2.28. The van der Waals surface area contributed by atoms with E-state index in [1.807, 2.05) is 12.1 Å². The maximum absolute atomic E-state index is 8.76. The number of thiophene rings is 1. The lowest BCUT2D eigenvalue weighted by atomic mass is 10.1. The van der Waals surface area contributed by atoms with Crippen molar-refractivity contribution in [1.82, 2.24) is 0 Å². The third-order valence-electron chi connectivity index (χ3n) is 2.51. The highest BCUT2D eigenvalue weighted by molar-refractivity contribution is 7.16. The van der Waals surface area contributed by atoms with Crippen LogP contribution in [0.15, 0.2) is 30.3 Å². The topological polar surface area (TPSA) is 23.8 Å². The van der Waals surface area contributed by atoms with Gasteiger partial charge in [-0.05, 0) is 42.7 Å². The molecular formula is C13H11NS. The molecule has 2 aromatic rings. The van der Waals surface area contributed by atoms with E-state index in [0.29, 0.717) is 0 Å².